The van der Waals surface area contributed by atoms with Gasteiger partial charge in [-0.1, -0.05) is 26.0 Å². The lowest BCUT2D eigenvalue weighted by Gasteiger charge is -2.29. The van der Waals surface area contributed by atoms with Gasteiger partial charge in [-0.25, -0.2) is 4.39 Å². The van der Waals surface area contributed by atoms with Crippen LogP contribution in [0.25, 0.3) is 0 Å². The lowest BCUT2D eigenvalue weighted by Crippen LogP contribution is -2.41. The van der Waals surface area contributed by atoms with E-state index in [-0.39, 0.29) is 29.5 Å². The van der Waals surface area contributed by atoms with Crippen LogP contribution in [0, 0.1) is 17.7 Å². The summed E-state index contributed by atoms with van der Waals surface area (Å²) in [7, 11) is 1.64. The summed E-state index contributed by atoms with van der Waals surface area (Å²) in [5, 5.41) is 3.38. The number of hydrogen-bond donors (Lipinski definition) is 1. The molecule has 0 spiro atoms. The van der Waals surface area contributed by atoms with Gasteiger partial charge in [0.1, 0.15) is 5.82 Å². The second-order valence-corrected chi connectivity index (χ2v) is 6.51. The van der Waals surface area contributed by atoms with Crippen molar-refractivity contribution in [3.63, 3.8) is 0 Å². The number of methoxy groups -OCH3 is 1. The van der Waals surface area contributed by atoms with E-state index >= 15 is 0 Å². The van der Waals surface area contributed by atoms with E-state index < -0.39 is 0 Å². The van der Waals surface area contributed by atoms with Gasteiger partial charge in [0.25, 0.3) is 0 Å². The molecule has 2 atom stereocenters. The van der Waals surface area contributed by atoms with E-state index in [0.29, 0.717) is 19.7 Å². The maximum atomic E-state index is 13.5. The van der Waals surface area contributed by atoms with E-state index in [2.05, 4.69) is 5.32 Å². The van der Waals surface area contributed by atoms with Crippen LogP contribution in [0.4, 0.5) is 4.39 Å². The average Bonchev–Trinajstić information content (AvgIpc) is 2.98. The number of carbonyl (C=O) groups is 1. The van der Waals surface area contributed by atoms with E-state index in [1.807, 2.05) is 24.8 Å². The van der Waals surface area contributed by atoms with Crippen molar-refractivity contribution in [1.29, 1.82) is 0 Å². The molecule has 1 saturated heterocycles. The van der Waals surface area contributed by atoms with Crippen molar-refractivity contribution in [2.45, 2.75) is 19.8 Å². The predicted octanol–water partition coefficient (Wildman–Crippen LogP) is 2.26. The molecular weight excluding hydrogens is 295 g/mol. The largest absolute Gasteiger partial charge is 0.383 e. The zero-order valence-electron chi connectivity index (χ0n) is 14.2. The van der Waals surface area contributed by atoms with Gasteiger partial charge >= 0.3 is 0 Å². The first-order valence-electron chi connectivity index (χ1n) is 8.26. The number of benzene rings is 1. The number of halogens is 1. The Morgan fingerprint density at radius 3 is 2.87 bits per heavy atom. The quantitative estimate of drug-likeness (QED) is 0.837. The van der Waals surface area contributed by atoms with Crippen molar-refractivity contribution in [2.75, 3.05) is 39.9 Å². The Hall–Kier alpha value is -1.46. The number of hydrogen-bond acceptors (Lipinski definition) is 3. The van der Waals surface area contributed by atoms with Gasteiger partial charge < -0.3 is 15.0 Å². The summed E-state index contributed by atoms with van der Waals surface area (Å²) in [5.41, 5.74) is 1.00. The molecular formula is C18H27FN2O2. The molecule has 2 unspecified atom stereocenters. The maximum Gasteiger partial charge on any atom is 0.225 e. The van der Waals surface area contributed by atoms with Crippen molar-refractivity contribution >= 4 is 5.91 Å². The molecule has 1 aliphatic rings. The topological polar surface area (TPSA) is 41.6 Å². The highest BCUT2D eigenvalue weighted by Crippen LogP contribution is 2.29. The minimum absolute atomic E-state index is 0.0335. The third-order valence-electron chi connectivity index (χ3n) is 4.44. The normalized spacial score (nSPS) is 20.9. The lowest BCUT2D eigenvalue weighted by molar-refractivity contribution is -0.135. The molecule has 0 aliphatic carbocycles. The molecule has 1 aromatic rings. The van der Waals surface area contributed by atoms with Crippen LogP contribution in [0.15, 0.2) is 24.3 Å². The zero-order valence-corrected chi connectivity index (χ0v) is 14.2. The first kappa shape index (κ1) is 17.9. The molecule has 1 fully saturated rings. The second kappa shape index (κ2) is 8.41. The van der Waals surface area contributed by atoms with Crippen molar-refractivity contribution in [3.05, 3.63) is 35.6 Å². The molecule has 23 heavy (non-hydrogen) atoms. The number of amides is 1. The molecule has 0 bridgehead atoms. The molecule has 0 saturated carbocycles. The molecule has 0 radical (unpaired) electrons. The monoisotopic (exact) mass is 322 g/mol. The molecule has 1 aliphatic heterocycles. The molecule has 128 valence electrons. The van der Waals surface area contributed by atoms with E-state index in [1.165, 1.54) is 6.07 Å². The van der Waals surface area contributed by atoms with Crippen molar-refractivity contribution < 1.29 is 13.9 Å². The Bertz CT molecular complexity index is 521. The van der Waals surface area contributed by atoms with Gasteiger partial charge in [-0.2, -0.15) is 0 Å². The Morgan fingerprint density at radius 2 is 2.22 bits per heavy atom. The van der Waals surface area contributed by atoms with Gasteiger partial charge in [-0.05, 0) is 23.6 Å². The molecule has 5 heteroatoms. The molecule has 1 amide bonds. The number of rotatable bonds is 7. The summed E-state index contributed by atoms with van der Waals surface area (Å²) >= 11 is 0. The van der Waals surface area contributed by atoms with Crippen LogP contribution < -0.4 is 5.32 Å². The first-order chi connectivity index (χ1) is 11.0. The summed E-state index contributed by atoms with van der Waals surface area (Å²) in [4.78, 5) is 14.3. The summed E-state index contributed by atoms with van der Waals surface area (Å²) in [6.07, 6.45) is 0. The van der Waals surface area contributed by atoms with Crippen LogP contribution in [-0.4, -0.2) is 50.7 Å². The van der Waals surface area contributed by atoms with Crippen molar-refractivity contribution in [3.8, 4) is 0 Å². The second-order valence-electron chi connectivity index (χ2n) is 6.51. The van der Waals surface area contributed by atoms with Crippen molar-refractivity contribution in [1.82, 2.24) is 10.2 Å². The summed E-state index contributed by atoms with van der Waals surface area (Å²) in [6.45, 7) is 7.30. The van der Waals surface area contributed by atoms with Crippen LogP contribution >= 0.6 is 0 Å². The van der Waals surface area contributed by atoms with E-state index in [0.717, 1.165) is 18.7 Å². The Balaban J connectivity index is 2.09. The maximum absolute atomic E-state index is 13.5. The molecule has 1 N–H and O–H groups in total. The molecule has 1 heterocycles. The van der Waals surface area contributed by atoms with Crippen molar-refractivity contribution in [2.24, 2.45) is 11.8 Å². The van der Waals surface area contributed by atoms with E-state index in [1.54, 1.807) is 19.2 Å². The van der Waals surface area contributed by atoms with E-state index in [9.17, 15) is 9.18 Å². The van der Waals surface area contributed by atoms with Crippen LogP contribution in [0.2, 0.25) is 0 Å². The fourth-order valence-corrected chi connectivity index (χ4v) is 3.19. The minimum atomic E-state index is -0.206. The predicted molar refractivity (Wildman–Crippen MR) is 88.8 cm³/mol. The standard InChI is InChI=1S/C18H27FN2O2/c1-13(2)18(22)21(7-8-23-3)12-15-10-20-11-17(15)14-5-4-6-16(19)9-14/h4-6,9,13,15,17,20H,7-8,10-12H2,1-3H3. The summed E-state index contributed by atoms with van der Waals surface area (Å²) < 4.78 is 18.6. The number of nitrogens with one attached hydrogen (secondary N) is 1. The van der Waals surface area contributed by atoms with Crippen LogP contribution in [-0.2, 0) is 9.53 Å². The zero-order chi connectivity index (χ0) is 16.8. The molecule has 1 aromatic carbocycles. The minimum Gasteiger partial charge on any atom is -0.383 e. The van der Waals surface area contributed by atoms with Crippen LogP contribution in [0.5, 0.6) is 0 Å². The van der Waals surface area contributed by atoms with Crippen LogP contribution in [0.1, 0.15) is 25.3 Å². The van der Waals surface area contributed by atoms with Gasteiger partial charge in [0, 0.05) is 45.1 Å². The third-order valence-corrected chi connectivity index (χ3v) is 4.44. The SMILES string of the molecule is COCCN(CC1CNCC1c1cccc(F)c1)C(=O)C(C)C. The fourth-order valence-electron chi connectivity index (χ4n) is 3.19. The summed E-state index contributed by atoms with van der Waals surface area (Å²) in [5.74, 6) is 0.426. The third kappa shape index (κ3) is 4.75. The highest BCUT2D eigenvalue weighted by atomic mass is 19.1. The van der Waals surface area contributed by atoms with E-state index in [4.69, 9.17) is 4.74 Å². The molecule has 4 nitrogen and oxygen atoms in total. The molecule has 0 aromatic heterocycles. The van der Waals surface area contributed by atoms with Gasteiger partial charge in [-0.15, -0.1) is 0 Å². The highest BCUT2D eigenvalue weighted by molar-refractivity contribution is 5.78. The smallest absolute Gasteiger partial charge is 0.225 e. The Kier molecular flexibility index (Phi) is 6.54. The van der Waals surface area contributed by atoms with Gasteiger partial charge in [0.15, 0.2) is 0 Å². The first-order valence-corrected chi connectivity index (χ1v) is 8.26. The average molecular weight is 322 g/mol. The Labute approximate surface area is 138 Å². The van der Waals surface area contributed by atoms with Gasteiger partial charge in [0.05, 0.1) is 6.61 Å². The highest BCUT2D eigenvalue weighted by Gasteiger charge is 2.31. The summed E-state index contributed by atoms with van der Waals surface area (Å²) in [6, 6.07) is 6.79. The molecule has 2 rings (SSSR count). The van der Waals surface area contributed by atoms with Gasteiger partial charge in [0.2, 0.25) is 5.91 Å². The Morgan fingerprint density at radius 1 is 1.43 bits per heavy atom. The number of nitrogens with zero attached hydrogens (tertiary/aromatic N) is 1. The number of carbonyl (C=O) groups excluding carboxylic acids is 1. The fraction of sp³-hybridized carbons (Fsp3) is 0.611. The number of ether oxygens (including phenoxy) is 1. The van der Waals surface area contributed by atoms with Crippen LogP contribution in [0.3, 0.4) is 0 Å². The van der Waals surface area contributed by atoms with Gasteiger partial charge in [-0.3, -0.25) is 4.79 Å². The lowest BCUT2D eigenvalue weighted by atomic mass is 9.88.